The number of hydrogen-bond acceptors (Lipinski definition) is 6. The highest BCUT2D eigenvalue weighted by Crippen LogP contribution is 2.28. The van der Waals surface area contributed by atoms with Gasteiger partial charge in [-0.05, 0) is 68.0 Å². The van der Waals surface area contributed by atoms with E-state index in [0.29, 0.717) is 49.6 Å². The molecule has 38 heavy (non-hydrogen) atoms. The number of nitrogens with zero attached hydrogens (tertiary/aromatic N) is 4. The van der Waals surface area contributed by atoms with Crippen molar-refractivity contribution in [2.75, 3.05) is 26.2 Å². The number of amides is 1. The van der Waals surface area contributed by atoms with Gasteiger partial charge in [-0.3, -0.25) is 4.79 Å². The van der Waals surface area contributed by atoms with Crippen LogP contribution < -0.4 is 0 Å². The maximum Gasteiger partial charge on any atom is 0.243 e. The summed E-state index contributed by atoms with van der Waals surface area (Å²) >= 11 is 0. The molecule has 4 heterocycles. The van der Waals surface area contributed by atoms with Gasteiger partial charge in [0.2, 0.25) is 27.6 Å². The van der Waals surface area contributed by atoms with Gasteiger partial charge in [-0.25, -0.2) is 8.42 Å². The van der Waals surface area contributed by atoms with Crippen molar-refractivity contribution in [2.45, 2.75) is 43.4 Å². The Hall–Kier alpha value is -3.50. The molecule has 2 aromatic carbocycles. The fourth-order valence-electron chi connectivity index (χ4n) is 5.52. The van der Waals surface area contributed by atoms with Crippen LogP contribution in [0.4, 0.5) is 0 Å². The number of piperidine rings is 1. The fourth-order valence-corrected chi connectivity index (χ4v) is 6.99. The molecule has 2 aliphatic heterocycles. The van der Waals surface area contributed by atoms with Gasteiger partial charge in [-0.2, -0.15) is 9.29 Å². The zero-order valence-electron chi connectivity index (χ0n) is 21.2. The van der Waals surface area contributed by atoms with Crippen LogP contribution in [0.25, 0.3) is 22.3 Å². The first-order valence-corrected chi connectivity index (χ1v) is 14.7. The average molecular weight is 534 g/mol. The van der Waals surface area contributed by atoms with Crippen molar-refractivity contribution in [3.63, 3.8) is 0 Å². The first-order chi connectivity index (χ1) is 18.5. The van der Waals surface area contributed by atoms with Crippen LogP contribution in [0.5, 0.6) is 0 Å². The second-order valence-corrected chi connectivity index (χ2v) is 12.0. The number of likely N-dealkylation sites (tertiary alicyclic amines) is 1. The quantitative estimate of drug-likeness (QED) is 0.384. The lowest BCUT2D eigenvalue weighted by molar-refractivity contribution is -0.135. The summed E-state index contributed by atoms with van der Waals surface area (Å²) in [4.78, 5) is 22.6. The SMILES string of the molecule is O=C(C1CCN(S(=O)(=O)c2ccc(-c3noc(CCc4c[nH]c5ccccc45)n3)cc2)CC1)N1CCCC1. The number of aromatic amines is 1. The van der Waals surface area contributed by atoms with E-state index in [1.807, 2.05) is 29.3 Å². The number of aromatic nitrogens is 3. The van der Waals surface area contributed by atoms with Crippen LogP contribution in [0, 0.1) is 5.92 Å². The third-order valence-corrected chi connectivity index (χ3v) is 9.64. The number of benzene rings is 2. The van der Waals surface area contributed by atoms with Crippen LogP contribution in [0.2, 0.25) is 0 Å². The summed E-state index contributed by atoms with van der Waals surface area (Å²) in [5.41, 5.74) is 2.99. The third-order valence-electron chi connectivity index (χ3n) is 7.72. The topological polar surface area (TPSA) is 112 Å². The minimum Gasteiger partial charge on any atom is -0.361 e. The zero-order chi connectivity index (χ0) is 26.1. The lowest BCUT2D eigenvalue weighted by Crippen LogP contribution is -2.43. The molecular formula is C28H31N5O4S. The van der Waals surface area contributed by atoms with Gasteiger partial charge in [0, 0.05) is 61.2 Å². The lowest BCUT2D eigenvalue weighted by atomic mass is 9.97. The van der Waals surface area contributed by atoms with E-state index in [4.69, 9.17) is 4.52 Å². The van der Waals surface area contributed by atoms with Gasteiger partial charge in [-0.15, -0.1) is 0 Å². The average Bonchev–Trinajstić information content (AvgIpc) is 3.73. The minimum absolute atomic E-state index is 0.0784. The molecule has 1 N–H and O–H groups in total. The Kier molecular flexibility index (Phi) is 6.75. The highest BCUT2D eigenvalue weighted by Gasteiger charge is 2.34. The number of carbonyl (C=O) groups excluding carboxylic acids is 1. The Labute approximate surface area is 221 Å². The van der Waals surface area contributed by atoms with Gasteiger partial charge in [0.05, 0.1) is 4.90 Å². The Morgan fingerprint density at radius 2 is 1.71 bits per heavy atom. The molecule has 0 atom stereocenters. The molecule has 6 rings (SSSR count). The fraction of sp³-hybridized carbons (Fsp3) is 0.393. The van der Waals surface area contributed by atoms with Gasteiger partial charge < -0.3 is 14.4 Å². The van der Waals surface area contributed by atoms with E-state index in [9.17, 15) is 13.2 Å². The first kappa shape index (κ1) is 24.8. The summed E-state index contributed by atoms with van der Waals surface area (Å²) in [5, 5.41) is 5.28. The molecule has 2 aromatic heterocycles. The summed E-state index contributed by atoms with van der Waals surface area (Å²) in [5.74, 6) is 1.08. The molecule has 10 heteroatoms. The summed E-state index contributed by atoms with van der Waals surface area (Å²) in [6, 6.07) is 14.8. The van der Waals surface area contributed by atoms with E-state index in [0.717, 1.165) is 37.9 Å². The predicted molar refractivity (Wildman–Crippen MR) is 143 cm³/mol. The Balaban J connectivity index is 1.07. The van der Waals surface area contributed by atoms with E-state index in [2.05, 4.69) is 21.2 Å². The molecule has 2 saturated heterocycles. The largest absolute Gasteiger partial charge is 0.361 e. The van der Waals surface area contributed by atoms with Gasteiger partial charge in [0.25, 0.3) is 0 Å². The van der Waals surface area contributed by atoms with E-state index in [1.54, 1.807) is 24.3 Å². The Morgan fingerprint density at radius 1 is 0.974 bits per heavy atom. The van der Waals surface area contributed by atoms with Crippen molar-refractivity contribution in [1.29, 1.82) is 0 Å². The summed E-state index contributed by atoms with van der Waals surface area (Å²) in [7, 11) is -3.63. The van der Waals surface area contributed by atoms with Gasteiger partial charge >= 0.3 is 0 Å². The molecule has 2 fully saturated rings. The number of para-hydroxylation sites is 1. The smallest absolute Gasteiger partial charge is 0.243 e. The summed E-state index contributed by atoms with van der Waals surface area (Å²) < 4.78 is 33.4. The lowest BCUT2D eigenvalue weighted by Gasteiger charge is -2.32. The van der Waals surface area contributed by atoms with Gasteiger partial charge in [0.1, 0.15) is 0 Å². The van der Waals surface area contributed by atoms with E-state index >= 15 is 0 Å². The Morgan fingerprint density at radius 3 is 2.47 bits per heavy atom. The van der Waals surface area contributed by atoms with Crippen molar-refractivity contribution in [2.24, 2.45) is 5.92 Å². The highest BCUT2D eigenvalue weighted by atomic mass is 32.2. The molecule has 0 unspecified atom stereocenters. The van der Waals surface area contributed by atoms with Crippen molar-refractivity contribution in [3.8, 4) is 11.4 Å². The summed E-state index contributed by atoms with van der Waals surface area (Å²) in [6.45, 7) is 2.38. The molecule has 0 aliphatic carbocycles. The molecule has 4 aromatic rings. The van der Waals surface area contributed by atoms with Crippen molar-refractivity contribution in [3.05, 3.63) is 66.2 Å². The standard InChI is InChI=1S/C28H31N5O4S/c34-28(32-15-3-4-16-32)21-13-17-33(18-14-21)38(35,36)23-10-7-20(8-11-23)27-30-26(37-31-27)12-9-22-19-29-25-6-2-1-5-24(22)25/h1-2,5-8,10-11,19,21,29H,3-4,9,12-18H2. The molecule has 1 amide bonds. The maximum atomic E-state index is 13.2. The number of carbonyl (C=O) groups is 1. The monoisotopic (exact) mass is 533 g/mol. The second-order valence-electron chi connectivity index (χ2n) is 10.1. The van der Waals surface area contributed by atoms with E-state index < -0.39 is 10.0 Å². The van der Waals surface area contributed by atoms with E-state index in [1.165, 1.54) is 15.3 Å². The number of fused-ring (bicyclic) bond motifs is 1. The number of rotatable bonds is 7. The highest BCUT2D eigenvalue weighted by molar-refractivity contribution is 7.89. The van der Waals surface area contributed by atoms with Crippen molar-refractivity contribution >= 4 is 26.8 Å². The molecular weight excluding hydrogens is 502 g/mol. The second kappa shape index (κ2) is 10.3. The van der Waals surface area contributed by atoms with Crippen LogP contribution in [0.15, 0.2) is 64.1 Å². The molecule has 9 nitrogen and oxygen atoms in total. The maximum absolute atomic E-state index is 13.2. The molecule has 0 bridgehead atoms. The number of sulfonamides is 1. The predicted octanol–water partition coefficient (Wildman–Crippen LogP) is 4.03. The number of H-pyrrole nitrogens is 1. The van der Waals surface area contributed by atoms with Gasteiger partial charge in [-0.1, -0.05) is 23.4 Å². The third kappa shape index (κ3) is 4.86. The van der Waals surface area contributed by atoms with Crippen LogP contribution in [-0.2, 0) is 27.7 Å². The minimum atomic E-state index is -3.63. The van der Waals surface area contributed by atoms with Crippen LogP contribution >= 0.6 is 0 Å². The molecule has 198 valence electrons. The summed E-state index contributed by atoms with van der Waals surface area (Å²) in [6.07, 6.45) is 6.64. The van der Waals surface area contributed by atoms with E-state index in [-0.39, 0.29) is 16.7 Å². The first-order valence-electron chi connectivity index (χ1n) is 13.3. The normalized spacial score (nSPS) is 17.4. The molecule has 0 spiro atoms. The number of hydrogen-bond donors (Lipinski definition) is 1. The molecule has 2 aliphatic rings. The number of aryl methyl sites for hydroxylation is 2. The van der Waals surface area contributed by atoms with Crippen LogP contribution in [0.3, 0.4) is 0 Å². The van der Waals surface area contributed by atoms with Gasteiger partial charge in [0.15, 0.2) is 0 Å². The van der Waals surface area contributed by atoms with Crippen molar-refractivity contribution in [1.82, 2.24) is 24.3 Å². The van der Waals surface area contributed by atoms with Crippen LogP contribution in [0.1, 0.15) is 37.1 Å². The Bertz CT molecular complexity index is 1530. The van der Waals surface area contributed by atoms with Crippen molar-refractivity contribution < 1.29 is 17.7 Å². The number of nitrogens with one attached hydrogen (secondary N) is 1. The molecule has 0 saturated carbocycles. The zero-order valence-corrected chi connectivity index (χ0v) is 22.0. The molecule has 0 radical (unpaired) electrons. The van der Waals surface area contributed by atoms with Crippen LogP contribution in [-0.4, -0.2) is 64.8 Å².